The Morgan fingerprint density at radius 1 is 0.970 bits per heavy atom. The normalized spacial score (nSPS) is 21.9. The van der Waals surface area contributed by atoms with Crippen molar-refractivity contribution in [3.8, 4) is 0 Å². The van der Waals surface area contributed by atoms with Crippen molar-refractivity contribution in [2.45, 2.75) is 50.7 Å². The molecule has 1 atom stereocenters. The predicted octanol–water partition coefficient (Wildman–Crippen LogP) is 4.13. The maximum Gasteiger partial charge on any atom is 0.255 e. The summed E-state index contributed by atoms with van der Waals surface area (Å²) in [4.78, 5) is 40.6. The van der Waals surface area contributed by atoms with E-state index in [1.54, 1.807) is 11.0 Å². The van der Waals surface area contributed by atoms with Crippen LogP contribution in [-0.2, 0) is 22.7 Å². The smallest absolute Gasteiger partial charge is 0.255 e. The quantitative estimate of drug-likeness (QED) is 0.660. The van der Waals surface area contributed by atoms with E-state index in [0.29, 0.717) is 34.5 Å². The van der Waals surface area contributed by atoms with E-state index in [4.69, 9.17) is 23.2 Å². The molecule has 1 unspecified atom stereocenters. The minimum Gasteiger partial charge on any atom is -0.322 e. The summed E-state index contributed by atoms with van der Waals surface area (Å²) < 4.78 is 0. The number of rotatable bonds is 4. The van der Waals surface area contributed by atoms with Crippen molar-refractivity contribution in [2.75, 3.05) is 13.1 Å². The van der Waals surface area contributed by atoms with Gasteiger partial charge in [0.2, 0.25) is 11.8 Å². The van der Waals surface area contributed by atoms with Crippen molar-refractivity contribution in [1.29, 1.82) is 0 Å². The van der Waals surface area contributed by atoms with Gasteiger partial charge in [-0.1, -0.05) is 41.4 Å². The number of carbonyl (C=O) groups excluding carboxylic acids is 3. The Balaban J connectivity index is 1.23. The number of imide groups is 1. The third-order valence-corrected chi connectivity index (χ3v) is 7.60. The number of fused-ring (bicyclic) bond motifs is 1. The molecule has 0 saturated carbocycles. The monoisotopic (exact) mass is 485 g/mol. The van der Waals surface area contributed by atoms with Crippen molar-refractivity contribution in [3.05, 3.63) is 68.7 Å². The van der Waals surface area contributed by atoms with Gasteiger partial charge in [-0.05, 0) is 73.2 Å². The molecule has 3 aliphatic rings. The molecule has 0 aliphatic carbocycles. The van der Waals surface area contributed by atoms with Gasteiger partial charge in [0.1, 0.15) is 6.04 Å². The molecule has 0 bridgehead atoms. The Morgan fingerprint density at radius 3 is 2.48 bits per heavy atom. The second-order valence-corrected chi connectivity index (χ2v) is 9.95. The van der Waals surface area contributed by atoms with Crippen LogP contribution in [-0.4, -0.2) is 46.7 Å². The van der Waals surface area contributed by atoms with Gasteiger partial charge in [-0.3, -0.25) is 24.6 Å². The van der Waals surface area contributed by atoms with Crippen LogP contribution in [0.1, 0.15) is 58.6 Å². The van der Waals surface area contributed by atoms with E-state index in [1.165, 1.54) is 5.56 Å². The summed E-state index contributed by atoms with van der Waals surface area (Å²) in [5.41, 5.74) is 3.97. The zero-order chi connectivity index (χ0) is 23.1. The van der Waals surface area contributed by atoms with Crippen LogP contribution >= 0.6 is 23.2 Å². The van der Waals surface area contributed by atoms with Crippen molar-refractivity contribution < 1.29 is 14.4 Å². The lowest BCUT2D eigenvalue weighted by Gasteiger charge is -2.32. The second-order valence-electron chi connectivity index (χ2n) is 9.10. The van der Waals surface area contributed by atoms with E-state index in [-0.39, 0.29) is 24.1 Å². The summed E-state index contributed by atoms with van der Waals surface area (Å²) >= 11 is 12.3. The highest BCUT2D eigenvalue weighted by atomic mass is 35.5. The van der Waals surface area contributed by atoms with E-state index in [2.05, 4.69) is 22.3 Å². The van der Waals surface area contributed by atoms with Gasteiger partial charge in [0, 0.05) is 35.1 Å². The number of hydrogen-bond acceptors (Lipinski definition) is 4. The lowest BCUT2D eigenvalue weighted by molar-refractivity contribution is -0.136. The van der Waals surface area contributed by atoms with Gasteiger partial charge in [0.15, 0.2) is 0 Å². The van der Waals surface area contributed by atoms with E-state index in [9.17, 15) is 14.4 Å². The molecule has 2 aromatic rings. The zero-order valence-corrected chi connectivity index (χ0v) is 19.7. The van der Waals surface area contributed by atoms with Crippen LogP contribution in [0.25, 0.3) is 0 Å². The molecule has 5 rings (SSSR count). The second kappa shape index (κ2) is 9.09. The number of likely N-dealkylation sites (tertiary alicyclic amines) is 1. The molecule has 8 heteroatoms. The zero-order valence-electron chi connectivity index (χ0n) is 18.2. The Labute approximate surface area is 202 Å². The Bertz CT molecular complexity index is 1130. The standard InChI is InChI=1S/C25H25Cl2N3O3/c26-19-3-1-17(21(27)12-19)13-29-9-7-15(8-10-29)16-2-4-20-18(11-16)14-30(25(20)33)22-5-6-23(31)28-24(22)32/h1-4,11-12,15,22H,5-10,13-14H2,(H,28,31,32). The highest BCUT2D eigenvalue weighted by Gasteiger charge is 2.39. The van der Waals surface area contributed by atoms with Crippen molar-refractivity contribution >= 4 is 40.9 Å². The third-order valence-electron chi connectivity index (χ3n) is 7.02. The molecule has 2 saturated heterocycles. The van der Waals surface area contributed by atoms with Gasteiger partial charge in [0.25, 0.3) is 5.91 Å². The lowest BCUT2D eigenvalue weighted by Crippen LogP contribution is -2.52. The van der Waals surface area contributed by atoms with Gasteiger partial charge < -0.3 is 4.90 Å². The van der Waals surface area contributed by atoms with E-state index in [0.717, 1.165) is 43.6 Å². The summed E-state index contributed by atoms with van der Waals surface area (Å²) in [7, 11) is 0. The van der Waals surface area contributed by atoms with Gasteiger partial charge >= 0.3 is 0 Å². The van der Waals surface area contributed by atoms with Crippen molar-refractivity contribution in [3.63, 3.8) is 0 Å². The first kappa shape index (κ1) is 22.4. The largest absolute Gasteiger partial charge is 0.322 e. The fourth-order valence-corrected chi connectivity index (χ4v) is 5.63. The number of halogens is 2. The molecule has 6 nitrogen and oxygen atoms in total. The van der Waals surface area contributed by atoms with Crippen LogP contribution in [0, 0.1) is 0 Å². The Morgan fingerprint density at radius 2 is 1.76 bits per heavy atom. The van der Waals surface area contributed by atoms with Crippen LogP contribution in [0.4, 0.5) is 0 Å². The van der Waals surface area contributed by atoms with Crippen LogP contribution in [0.15, 0.2) is 36.4 Å². The maximum atomic E-state index is 12.9. The molecule has 2 fully saturated rings. The number of hydrogen-bond donors (Lipinski definition) is 1. The molecule has 3 heterocycles. The minimum absolute atomic E-state index is 0.124. The molecule has 1 N–H and O–H groups in total. The maximum absolute atomic E-state index is 12.9. The number of nitrogens with one attached hydrogen (secondary N) is 1. The van der Waals surface area contributed by atoms with E-state index < -0.39 is 6.04 Å². The van der Waals surface area contributed by atoms with Gasteiger partial charge in [-0.25, -0.2) is 0 Å². The summed E-state index contributed by atoms with van der Waals surface area (Å²) in [5, 5.41) is 3.70. The number of amides is 3. The number of carbonyl (C=O) groups is 3. The van der Waals surface area contributed by atoms with Crippen molar-refractivity contribution in [1.82, 2.24) is 15.1 Å². The summed E-state index contributed by atoms with van der Waals surface area (Å²) in [6.07, 6.45) is 2.72. The summed E-state index contributed by atoms with van der Waals surface area (Å²) in [5.74, 6) is -0.333. The SMILES string of the molecule is O=C1CCC(N2Cc3cc(C4CCN(Cc5ccc(Cl)cc5Cl)CC4)ccc3C2=O)C(=O)N1. The molecule has 3 amide bonds. The summed E-state index contributed by atoms with van der Waals surface area (Å²) in [6.45, 7) is 3.18. The fourth-order valence-electron chi connectivity index (χ4n) is 5.16. The summed E-state index contributed by atoms with van der Waals surface area (Å²) in [6, 6.07) is 11.2. The molecule has 3 aliphatic heterocycles. The predicted molar refractivity (Wildman–Crippen MR) is 126 cm³/mol. The highest BCUT2D eigenvalue weighted by molar-refractivity contribution is 6.35. The minimum atomic E-state index is -0.575. The van der Waals surface area contributed by atoms with Crippen LogP contribution in [0.2, 0.25) is 10.0 Å². The van der Waals surface area contributed by atoms with Crippen LogP contribution in [0.3, 0.4) is 0 Å². The van der Waals surface area contributed by atoms with Crippen LogP contribution in [0.5, 0.6) is 0 Å². The Hall–Kier alpha value is -2.41. The number of benzene rings is 2. The Kier molecular flexibility index (Phi) is 6.16. The van der Waals surface area contributed by atoms with Crippen molar-refractivity contribution in [2.24, 2.45) is 0 Å². The average molecular weight is 486 g/mol. The van der Waals surface area contributed by atoms with Crippen LogP contribution < -0.4 is 5.32 Å². The fraction of sp³-hybridized carbons (Fsp3) is 0.400. The molecular formula is C25H25Cl2N3O3. The molecule has 0 aromatic heterocycles. The first-order valence-electron chi connectivity index (χ1n) is 11.3. The number of piperidine rings is 2. The molecule has 33 heavy (non-hydrogen) atoms. The van der Waals surface area contributed by atoms with E-state index >= 15 is 0 Å². The molecule has 0 spiro atoms. The highest BCUT2D eigenvalue weighted by Crippen LogP contribution is 2.34. The topological polar surface area (TPSA) is 69.7 Å². The lowest BCUT2D eigenvalue weighted by atomic mass is 9.87. The average Bonchev–Trinajstić information content (AvgIpc) is 3.12. The molecular weight excluding hydrogens is 461 g/mol. The van der Waals surface area contributed by atoms with Gasteiger partial charge in [-0.2, -0.15) is 0 Å². The first-order valence-corrected chi connectivity index (χ1v) is 12.1. The molecule has 2 aromatic carbocycles. The van der Waals surface area contributed by atoms with Gasteiger partial charge in [-0.15, -0.1) is 0 Å². The molecule has 0 radical (unpaired) electrons. The number of nitrogens with zero attached hydrogens (tertiary/aromatic N) is 2. The van der Waals surface area contributed by atoms with Gasteiger partial charge in [0.05, 0.1) is 0 Å². The van der Waals surface area contributed by atoms with E-state index in [1.807, 2.05) is 18.2 Å². The molecule has 172 valence electrons. The first-order chi connectivity index (χ1) is 15.9. The third kappa shape index (κ3) is 4.52.